The average molecular weight is 401 g/mol. The topological polar surface area (TPSA) is 61.9 Å². The highest BCUT2D eigenvalue weighted by molar-refractivity contribution is 6.25. The highest BCUT2D eigenvalue weighted by Gasteiger charge is 2.40. The van der Waals surface area contributed by atoms with E-state index in [1.807, 2.05) is 66.7 Å². The summed E-state index contributed by atoms with van der Waals surface area (Å²) in [6.07, 6.45) is 0.146. The Kier molecular flexibility index (Phi) is 4.85. The van der Waals surface area contributed by atoms with E-state index in [-0.39, 0.29) is 18.2 Å². The fourth-order valence-corrected chi connectivity index (χ4v) is 4.19. The van der Waals surface area contributed by atoms with Crippen molar-refractivity contribution in [3.8, 4) is 0 Å². The number of ether oxygens (including phenoxy) is 1. The van der Waals surface area contributed by atoms with E-state index in [0.717, 1.165) is 48.5 Å². The zero-order valence-corrected chi connectivity index (χ0v) is 16.6. The number of imide groups is 1. The van der Waals surface area contributed by atoms with Gasteiger partial charge in [0.25, 0.3) is 5.91 Å². The molecular formula is C24H23N3O3. The highest BCUT2D eigenvalue weighted by atomic mass is 16.5. The molecule has 0 spiro atoms. The second kappa shape index (κ2) is 7.80. The standard InChI is InChI=1S/C24H23N3O3/c28-23-16-21(25-18-8-10-19(11-9-18)26-12-14-30-15-13-26)24(29)27(23)22-7-3-5-17-4-1-2-6-20(17)22/h1-11,21,25H,12-16H2. The summed E-state index contributed by atoms with van der Waals surface area (Å²) < 4.78 is 5.40. The number of nitrogens with zero attached hydrogens (tertiary/aromatic N) is 2. The van der Waals surface area contributed by atoms with Crippen LogP contribution in [0.2, 0.25) is 0 Å². The molecule has 3 aromatic rings. The minimum absolute atomic E-state index is 0.146. The Morgan fingerprint density at radius 3 is 2.40 bits per heavy atom. The third-order valence-electron chi connectivity index (χ3n) is 5.74. The fraction of sp³-hybridized carbons (Fsp3) is 0.250. The van der Waals surface area contributed by atoms with Gasteiger partial charge in [0.15, 0.2) is 0 Å². The average Bonchev–Trinajstić information content (AvgIpc) is 3.07. The molecule has 6 heteroatoms. The number of amides is 2. The Hall–Kier alpha value is -3.38. The van der Waals surface area contributed by atoms with Gasteiger partial charge >= 0.3 is 0 Å². The molecule has 3 aromatic carbocycles. The maximum absolute atomic E-state index is 13.1. The summed E-state index contributed by atoms with van der Waals surface area (Å²) in [6, 6.07) is 20.9. The van der Waals surface area contributed by atoms with Gasteiger partial charge < -0.3 is 15.0 Å². The molecule has 2 amide bonds. The number of nitrogens with one attached hydrogen (secondary N) is 1. The summed E-state index contributed by atoms with van der Waals surface area (Å²) in [7, 11) is 0. The number of anilines is 3. The largest absolute Gasteiger partial charge is 0.378 e. The molecule has 1 atom stereocenters. The molecule has 0 radical (unpaired) electrons. The van der Waals surface area contributed by atoms with Crippen LogP contribution in [-0.4, -0.2) is 44.2 Å². The first-order valence-corrected chi connectivity index (χ1v) is 10.2. The summed E-state index contributed by atoms with van der Waals surface area (Å²) in [5, 5.41) is 5.15. The molecule has 0 aromatic heterocycles. The van der Waals surface area contributed by atoms with Crippen LogP contribution >= 0.6 is 0 Å². The lowest BCUT2D eigenvalue weighted by molar-refractivity contribution is -0.121. The van der Waals surface area contributed by atoms with Crippen LogP contribution in [-0.2, 0) is 14.3 Å². The Morgan fingerprint density at radius 2 is 1.60 bits per heavy atom. The first-order chi connectivity index (χ1) is 14.7. The molecule has 0 bridgehead atoms. The number of benzene rings is 3. The van der Waals surface area contributed by atoms with Crippen LogP contribution in [0.4, 0.5) is 17.1 Å². The molecule has 2 aliphatic rings. The van der Waals surface area contributed by atoms with E-state index in [9.17, 15) is 9.59 Å². The van der Waals surface area contributed by atoms with Crippen LogP contribution in [0.15, 0.2) is 66.7 Å². The Morgan fingerprint density at radius 1 is 0.867 bits per heavy atom. The normalized spacial score (nSPS) is 19.5. The second-order valence-electron chi connectivity index (χ2n) is 7.61. The van der Waals surface area contributed by atoms with Crippen LogP contribution < -0.4 is 15.1 Å². The minimum Gasteiger partial charge on any atom is -0.378 e. The molecule has 2 heterocycles. The summed E-state index contributed by atoms with van der Waals surface area (Å²) in [6.45, 7) is 3.23. The Bertz CT molecular complexity index is 1090. The van der Waals surface area contributed by atoms with Gasteiger partial charge in [-0.05, 0) is 35.7 Å². The van der Waals surface area contributed by atoms with E-state index in [0.29, 0.717) is 5.69 Å². The summed E-state index contributed by atoms with van der Waals surface area (Å²) in [5.74, 6) is -0.396. The number of fused-ring (bicyclic) bond motifs is 1. The number of rotatable bonds is 4. The highest BCUT2D eigenvalue weighted by Crippen LogP contribution is 2.31. The van der Waals surface area contributed by atoms with Crippen molar-refractivity contribution < 1.29 is 14.3 Å². The lowest BCUT2D eigenvalue weighted by Gasteiger charge is -2.29. The predicted molar refractivity (Wildman–Crippen MR) is 118 cm³/mol. The van der Waals surface area contributed by atoms with E-state index < -0.39 is 6.04 Å². The van der Waals surface area contributed by atoms with Crippen molar-refractivity contribution in [3.63, 3.8) is 0 Å². The van der Waals surface area contributed by atoms with Gasteiger partial charge in [-0.2, -0.15) is 0 Å². The van der Waals surface area contributed by atoms with Gasteiger partial charge in [0.1, 0.15) is 6.04 Å². The van der Waals surface area contributed by atoms with E-state index >= 15 is 0 Å². The first kappa shape index (κ1) is 18.6. The molecule has 2 saturated heterocycles. The number of hydrogen-bond donors (Lipinski definition) is 1. The third kappa shape index (κ3) is 3.39. The van der Waals surface area contributed by atoms with Crippen molar-refractivity contribution in [2.24, 2.45) is 0 Å². The minimum atomic E-state index is -0.564. The molecule has 0 aliphatic carbocycles. The molecule has 30 heavy (non-hydrogen) atoms. The number of carbonyl (C=O) groups is 2. The van der Waals surface area contributed by atoms with E-state index in [4.69, 9.17) is 4.74 Å². The van der Waals surface area contributed by atoms with Crippen molar-refractivity contribution in [1.29, 1.82) is 0 Å². The number of carbonyl (C=O) groups excluding carboxylic acids is 2. The van der Waals surface area contributed by atoms with Crippen molar-refractivity contribution in [2.75, 3.05) is 41.4 Å². The van der Waals surface area contributed by atoms with Gasteiger partial charge in [-0.1, -0.05) is 36.4 Å². The molecule has 5 rings (SSSR count). The van der Waals surface area contributed by atoms with Gasteiger partial charge in [0, 0.05) is 29.9 Å². The fourth-order valence-electron chi connectivity index (χ4n) is 4.19. The molecule has 1 unspecified atom stereocenters. The lowest BCUT2D eigenvalue weighted by atomic mass is 10.1. The zero-order valence-electron chi connectivity index (χ0n) is 16.6. The van der Waals surface area contributed by atoms with E-state index in [1.54, 1.807) is 0 Å². The molecule has 2 aliphatic heterocycles. The van der Waals surface area contributed by atoms with Crippen LogP contribution in [0.1, 0.15) is 6.42 Å². The molecule has 6 nitrogen and oxygen atoms in total. The lowest BCUT2D eigenvalue weighted by Crippen LogP contribution is -2.36. The zero-order chi connectivity index (χ0) is 20.5. The monoisotopic (exact) mass is 401 g/mol. The van der Waals surface area contributed by atoms with Gasteiger partial charge in [0.05, 0.1) is 25.3 Å². The van der Waals surface area contributed by atoms with Crippen molar-refractivity contribution >= 4 is 39.6 Å². The third-order valence-corrected chi connectivity index (χ3v) is 5.74. The maximum atomic E-state index is 13.1. The molecule has 0 saturated carbocycles. The van der Waals surface area contributed by atoms with E-state index in [1.165, 1.54) is 4.90 Å². The second-order valence-corrected chi connectivity index (χ2v) is 7.61. The van der Waals surface area contributed by atoms with Crippen molar-refractivity contribution in [2.45, 2.75) is 12.5 Å². The SMILES string of the molecule is O=C1CC(Nc2ccc(N3CCOCC3)cc2)C(=O)N1c1cccc2ccccc12. The van der Waals surface area contributed by atoms with Gasteiger partial charge in [-0.15, -0.1) is 0 Å². The van der Waals surface area contributed by atoms with Gasteiger partial charge in [-0.25, -0.2) is 4.90 Å². The molecular weight excluding hydrogens is 378 g/mol. The Labute approximate surface area is 175 Å². The summed E-state index contributed by atoms with van der Waals surface area (Å²) in [5.41, 5.74) is 2.61. The number of morpholine rings is 1. The quantitative estimate of drug-likeness (QED) is 0.679. The van der Waals surface area contributed by atoms with Crippen molar-refractivity contribution in [3.05, 3.63) is 66.7 Å². The van der Waals surface area contributed by atoms with Crippen LogP contribution in [0.25, 0.3) is 10.8 Å². The van der Waals surface area contributed by atoms with Crippen molar-refractivity contribution in [1.82, 2.24) is 0 Å². The van der Waals surface area contributed by atoms with Gasteiger partial charge in [0.2, 0.25) is 5.91 Å². The first-order valence-electron chi connectivity index (χ1n) is 10.2. The van der Waals surface area contributed by atoms with Crippen LogP contribution in [0.5, 0.6) is 0 Å². The van der Waals surface area contributed by atoms with Crippen LogP contribution in [0.3, 0.4) is 0 Å². The summed E-state index contributed by atoms with van der Waals surface area (Å²) >= 11 is 0. The maximum Gasteiger partial charge on any atom is 0.256 e. The predicted octanol–water partition coefficient (Wildman–Crippen LogP) is 3.42. The Balaban J connectivity index is 1.34. The smallest absolute Gasteiger partial charge is 0.256 e. The molecule has 152 valence electrons. The molecule has 1 N–H and O–H groups in total. The van der Waals surface area contributed by atoms with Gasteiger partial charge in [-0.3, -0.25) is 9.59 Å². The summed E-state index contributed by atoms with van der Waals surface area (Å²) in [4.78, 5) is 29.4. The molecule has 2 fully saturated rings. The van der Waals surface area contributed by atoms with E-state index in [2.05, 4.69) is 10.2 Å². The number of hydrogen-bond acceptors (Lipinski definition) is 5. The van der Waals surface area contributed by atoms with Crippen LogP contribution in [0, 0.1) is 0 Å².